The number of carbonyl (C=O) groups is 2. The SMILES string of the molecule is COC(=O)C1=C(C)NC(C)=C(C(=O)OC(CN2CCCCC2)c2ccccc2)C1c1ccccc1SC. The summed E-state index contributed by atoms with van der Waals surface area (Å²) in [7, 11) is 1.37. The Morgan fingerprint density at radius 1 is 0.946 bits per heavy atom. The molecule has 4 rings (SSSR count). The van der Waals surface area contributed by atoms with Gasteiger partial charge in [-0.1, -0.05) is 55.0 Å². The molecule has 2 aromatic carbocycles. The molecule has 0 saturated carbocycles. The van der Waals surface area contributed by atoms with E-state index in [0.29, 0.717) is 29.1 Å². The van der Waals surface area contributed by atoms with Gasteiger partial charge < -0.3 is 14.8 Å². The molecule has 0 radical (unpaired) electrons. The number of piperidine rings is 1. The van der Waals surface area contributed by atoms with Crippen LogP contribution >= 0.6 is 11.8 Å². The van der Waals surface area contributed by atoms with Gasteiger partial charge in [0.25, 0.3) is 0 Å². The molecule has 196 valence electrons. The zero-order valence-electron chi connectivity index (χ0n) is 22.1. The van der Waals surface area contributed by atoms with Crippen molar-refractivity contribution in [2.75, 3.05) is 33.0 Å². The van der Waals surface area contributed by atoms with Crippen LogP contribution in [-0.2, 0) is 19.1 Å². The lowest BCUT2D eigenvalue weighted by Gasteiger charge is -2.33. The van der Waals surface area contributed by atoms with Crippen LogP contribution in [0.3, 0.4) is 0 Å². The lowest BCUT2D eigenvalue weighted by Crippen LogP contribution is -2.36. The summed E-state index contributed by atoms with van der Waals surface area (Å²) in [4.78, 5) is 30.5. The number of carbonyl (C=O) groups excluding carboxylic acids is 2. The molecule has 0 spiro atoms. The second kappa shape index (κ2) is 12.5. The van der Waals surface area contributed by atoms with Crippen molar-refractivity contribution in [3.8, 4) is 0 Å². The normalized spacial score (nSPS) is 19.3. The first kappa shape index (κ1) is 27.0. The Bertz CT molecular complexity index is 1190. The number of dihydropyridines is 1. The van der Waals surface area contributed by atoms with Crippen molar-refractivity contribution in [1.82, 2.24) is 10.2 Å². The topological polar surface area (TPSA) is 67.9 Å². The van der Waals surface area contributed by atoms with E-state index in [1.54, 1.807) is 11.8 Å². The van der Waals surface area contributed by atoms with E-state index in [9.17, 15) is 9.59 Å². The molecule has 0 bridgehead atoms. The molecule has 2 heterocycles. The van der Waals surface area contributed by atoms with Gasteiger partial charge in [-0.2, -0.15) is 0 Å². The second-order valence-electron chi connectivity index (χ2n) is 9.53. The maximum absolute atomic E-state index is 14.1. The average molecular weight is 521 g/mol. The van der Waals surface area contributed by atoms with Crippen molar-refractivity contribution in [3.63, 3.8) is 0 Å². The van der Waals surface area contributed by atoms with Gasteiger partial charge in [0, 0.05) is 22.8 Å². The Morgan fingerprint density at radius 3 is 2.22 bits per heavy atom. The zero-order chi connectivity index (χ0) is 26.4. The second-order valence-corrected chi connectivity index (χ2v) is 10.4. The first-order chi connectivity index (χ1) is 17.9. The molecule has 0 amide bonds. The summed E-state index contributed by atoms with van der Waals surface area (Å²) < 4.78 is 11.5. The molecular weight excluding hydrogens is 484 g/mol. The molecule has 2 atom stereocenters. The number of hydrogen-bond acceptors (Lipinski definition) is 7. The van der Waals surface area contributed by atoms with Crippen LogP contribution in [-0.4, -0.2) is 49.8 Å². The maximum atomic E-state index is 14.1. The molecule has 2 aromatic rings. The molecule has 2 aliphatic heterocycles. The highest BCUT2D eigenvalue weighted by atomic mass is 32.2. The number of hydrogen-bond donors (Lipinski definition) is 1. The number of esters is 2. The van der Waals surface area contributed by atoms with E-state index >= 15 is 0 Å². The smallest absolute Gasteiger partial charge is 0.337 e. The minimum absolute atomic E-state index is 0.419. The van der Waals surface area contributed by atoms with E-state index in [-0.39, 0.29) is 0 Å². The highest BCUT2D eigenvalue weighted by Gasteiger charge is 2.39. The van der Waals surface area contributed by atoms with E-state index in [1.165, 1.54) is 13.5 Å². The van der Waals surface area contributed by atoms with Gasteiger partial charge in [-0.25, -0.2) is 9.59 Å². The van der Waals surface area contributed by atoms with E-state index in [4.69, 9.17) is 9.47 Å². The third-order valence-electron chi connectivity index (χ3n) is 7.13. The highest BCUT2D eigenvalue weighted by molar-refractivity contribution is 7.98. The predicted molar refractivity (Wildman–Crippen MR) is 147 cm³/mol. The highest BCUT2D eigenvalue weighted by Crippen LogP contribution is 2.43. The first-order valence-electron chi connectivity index (χ1n) is 12.8. The average Bonchev–Trinajstić information content (AvgIpc) is 2.92. The van der Waals surface area contributed by atoms with Gasteiger partial charge in [-0.15, -0.1) is 11.8 Å². The number of methoxy groups -OCH3 is 1. The molecule has 2 aliphatic rings. The van der Waals surface area contributed by atoms with Crippen LogP contribution < -0.4 is 5.32 Å². The van der Waals surface area contributed by atoms with E-state index in [2.05, 4.69) is 10.2 Å². The molecule has 0 aliphatic carbocycles. The van der Waals surface area contributed by atoms with Gasteiger partial charge in [-0.05, 0) is 63.2 Å². The van der Waals surface area contributed by atoms with Crippen molar-refractivity contribution in [2.24, 2.45) is 0 Å². The van der Waals surface area contributed by atoms with Crippen molar-refractivity contribution >= 4 is 23.7 Å². The van der Waals surface area contributed by atoms with Gasteiger partial charge in [0.1, 0.15) is 6.10 Å². The number of likely N-dealkylation sites (tertiary alicyclic amines) is 1. The predicted octanol–water partition coefficient (Wildman–Crippen LogP) is 5.59. The lowest BCUT2D eigenvalue weighted by molar-refractivity contribution is -0.146. The number of rotatable bonds is 8. The Balaban J connectivity index is 1.73. The number of thioether (sulfide) groups is 1. The Hall–Kier alpha value is -3.03. The molecule has 0 aromatic heterocycles. The van der Waals surface area contributed by atoms with Gasteiger partial charge in [0.15, 0.2) is 0 Å². The van der Waals surface area contributed by atoms with Crippen LogP contribution in [0, 0.1) is 0 Å². The lowest BCUT2D eigenvalue weighted by atomic mass is 9.80. The summed E-state index contributed by atoms with van der Waals surface area (Å²) in [5.74, 6) is -1.49. The summed E-state index contributed by atoms with van der Waals surface area (Å²) in [6.45, 7) is 6.35. The van der Waals surface area contributed by atoms with Crippen molar-refractivity contribution in [1.29, 1.82) is 0 Å². The zero-order valence-corrected chi connectivity index (χ0v) is 22.9. The number of nitrogens with zero attached hydrogens (tertiary/aromatic N) is 1. The molecule has 1 N–H and O–H groups in total. The fraction of sp³-hybridized carbons (Fsp3) is 0.400. The van der Waals surface area contributed by atoms with Gasteiger partial charge >= 0.3 is 11.9 Å². The fourth-order valence-corrected chi connectivity index (χ4v) is 5.94. The molecule has 2 unspecified atom stereocenters. The Labute approximate surface area is 224 Å². The van der Waals surface area contributed by atoms with Crippen LogP contribution in [0.4, 0.5) is 0 Å². The third-order valence-corrected chi connectivity index (χ3v) is 7.94. The van der Waals surface area contributed by atoms with E-state index in [0.717, 1.165) is 42.0 Å². The molecular formula is C30H36N2O4S. The van der Waals surface area contributed by atoms with Crippen LogP contribution in [0.15, 0.2) is 82.0 Å². The Kier molecular flexibility index (Phi) is 9.11. The van der Waals surface area contributed by atoms with Gasteiger partial charge in [0.2, 0.25) is 0 Å². The minimum atomic E-state index is -0.601. The van der Waals surface area contributed by atoms with Crippen molar-refractivity contribution in [2.45, 2.75) is 50.0 Å². The summed E-state index contributed by atoms with van der Waals surface area (Å²) in [6.07, 6.45) is 5.13. The van der Waals surface area contributed by atoms with Gasteiger partial charge in [-0.3, -0.25) is 4.90 Å². The minimum Gasteiger partial charge on any atom is -0.466 e. The quantitative estimate of drug-likeness (QED) is 0.360. The monoisotopic (exact) mass is 520 g/mol. The number of nitrogens with one attached hydrogen (secondary N) is 1. The Morgan fingerprint density at radius 2 is 1.57 bits per heavy atom. The van der Waals surface area contributed by atoms with Crippen LogP contribution in [0.5, 0.6) is 0 Å². The summed E-state index contributed by atoms with van der Waals surface area (Å²) >= 11 is 1.58. The largest absolute Gasteiger partial charge is 0.466 e. The third kappa shape index (κ3) is 6.11. The van der Waals surface area contributed by atoms with Crippen molar-refractivity contribution < 1.29 is 19.1 Å². The van der Waals surface area contributed by atoms with E-state index in [1.807, 2.05) is 74.7 Å². The number of ether oxygens (including phenoxy) is 2. The standard InChI is InChI=1S/C30H36N2O4S/c1-20-26(29(33)35-3)28(23-15-9-10-16-25(23)37-4)27(21(2)31-20)30(34)36-24(22-13-7-5-8-14-22)19-32-17-11-6-12-18-32/h5,7-10,13-16,24,28,31H,6,11-12,17-19H2,1-4H3. The summed E-state index contributed by atoms with van der Waals surface area (Å²) in [5.41, 5.74) is 4.07. The molecule has 6 nitrogen and oxygen atoms in total. The van der Waals surface area contributed by atoms with Crippen LogP contribution in [0.1, 0.15) is 56.3 Å². The number of allylic oxidation sites excluding steroid dienone is 2. The molecule has 1 fully saturated rings. The maximum Gasteiger partial charge on any atom is 0.337 e. The summed E-state index contributed by atoms with van der Waals surface area (Å²) in [6, 6.07) is 17.8. The molecule has 7 heteroatoms. The summed E-state index contributed by atoms with van der Waals surface area (Å²) in [5, 5.41) is 3.25. The van der Waals surface area contributed by atoms with E-state index < -0.39 is 24.0 Å². The number of benzene rings is 2. The molecule has 1 saturated heterocycles. The fourth-order valence-electron chi connectivity index (χ4n) is 5.31. The van der Waals surface area contributed by atoms with Crippen molar-refractivity contribution in [3.05, 3.63) is 88.3 Å². The van der Waals surface area contributed by atoms with Crippen LogP contribution in [0.25, 0.3) is 0 Å². The molecule has 37 heavy (non-hydrogen) atoms. The van der Waals surface area contributed by atoms with Crippen LogP contribution in [0.2, 0.25) is 0 Å². The van der Waals surface area contributed by atoms with Gasteiger partial charge in [0.05, 0.1) is 24.2 Å². The first-order valence-corrected chi connectivity index (χ1v) is 14.0.